The van der Waals surface area contributed by atoms with E-state index in [0.29, 0.717) is 12.7 Å². The van der Waals surface area contributed by atoms with E-state index in [2.05, 4.69) is 18.3 Å². The van der Waals surface area contributed by atoms with Gasteiger partial charge in [-0.2, -0.15) is 0 Å². The van der Waals surface area contributed by atoms with Crippen LogP contribution >= 0.6 is 0 Å². The van der Waals surface area contributed by atoms with E-state index in [0.717, 1.165) is 37.6 Å². The average Bonchev–Trinajstić information content (AvgIpc) is 2.81. The molecule has 0 amide bonds. The molecule has 1 aliphatic rings. The quantitative estimate of drug-likeness (QED) is 0.735. The van der Waals surface area contributed by atoms with E-state index in [1.165, 1.54) is 5.56 Å². The second kappa shape index (κ2) is 5.89. The highest BCUT2D eigenvalue weighted by molar-refractivity contribution is 5.44. The highest BCUT2D eigenvalue weighted by Gasteiger charge is 2.12. The molecule has 1 heterocycles. The van der Waals surface area contributed by atoms with Crippen LogP contribution in [0.3, 0.4) is 0 Å². The van der Waals surface area contributed by atoms with E-state index in [-0.39, 0.29) is 0 Å². The zero-order chi connectivity index (χ0) is 12.1. The first-order valence-electron chi connectivity index (χ1n) is 6.09. The summed E-state index contributed by atoms with van der Waals surface area (Å²) in [6, 6.07) is 6.05. The Bertz CT molecular complexity index is 368. The van der Waals surface area contributed by atoms with Gasteiger partial charge in [-0.1, -0.05) is 13.0 Å². The van der Waals surface area contributed by atoms with Gasteiger partial charge in [-0.3, -0.25) is 0 Å². The first kappa shape index (κ1) is 12.2. The third-order valence-electron chi connectivity index (χ3n) is 2.98. The Kier molecular flexibility index (Phi) is 4.23. The predicted molar refractivity (Wildman–Crippen MR) is 67.1 cm³/mol. The molecular weight excluding hydrogens is 216 g/mol. The fraction of sp³-hybridized carbons (Fsp3) is 0.538. The minimum atomic E-state index is 0.334. The summed E-state index contributed by atoms with van der Waals surface area (Å²) in [4.78, 5) is 0. The smallest absolute Gasteiger partial charge is 0.231 e. The number of hydrogen-bond donors (Lipinski definition) is 2. The first-order valence-corrected chi connectivity index (χ1v) is 6.09. The Morgan fingerprint density at radius 1 is 1.35 bits per heavy atom. The summed E-state index contributed by atoms with van der Waals surface area (Å²) in [6.45, 7) is 5.11. The fourth-order valence-electron chi connectivity index (χ4n) is 1.75. The zero-order valence-corrected chi connectivity index (χ0v) is 10.2. The van der Waals surface area contributed by atoms with Crippen LogP contribution in [0.1, 0.15) is 18.9 Å². The normalized spacial score (nSPS) is 14.9. The molecule has 1 atom stereocenters. The van der Waals surface area contributed by atoms with Crippen LogP contribution in [-0.2, 0) is 6.54 Å². The molecule has 0 spiro atoms. The summed E-state index contributed by atoms with van der Waals surface area (Å²) < 4.78 is 10.6. The Morgan fingerprint density at radius 3 is 3.00 bits per heavy atom. The number of ether oxygens (including phenoxy) is 2. The molecule has 1 aromatic rings. The van der Waals surface area contributed by atoms with Crippen LogP contribution in [0, 0.1) is 5.92 Å². The van der Waals surface area contributed by atoms with Crippen molar-refractivity contribution >= 4 is 0 Å². The number of nitrogens with one attached hydrogen (secondary N) is 1. The van der Waals surface area contributed by atoms with Crippen molar-refractivity contribution in [3.05, 3.63) is 23.8 Å². The minimum absolute atomic E-state index is 0.334. The minimum Gasteiger partial charge on any atom is -0.454 e. The van der Waals surface area contributed by atoms with Crippen LogP contribution in [0.5, 0.6) is 11.5 Å². The molecule has 94 valence electrons. The van der Waals surface area contributed by atoms with Crippen LogP contribution in [-0.4, -0.2) is 19.9 Å². The van der Waals surface area contributed by atoms with Crippen molar-refractivity contribution in [2.24, 2.45) is 11.7 Å². The lowest BCUT2D eigenvalue weighted by Gasteiger charge is -2.09. The van der Waals surface area contributed by atoms with Crippen LogP contribution in [0.4, 0.5) is 0 Å². The topological polar surface area (TPSA) is 56.5 Å². The van der Waals surface area contributed by atoms with E-state index >= 15 is 0 Å². The van der Waals surface area contributed by atoms with Gasteiger partial charge in [0.15, 0.2) is 11.5 Å². The maximum absolute atomic E-state index is 5.57. The molecule has 4 heteroatoms. The lowest BCUT2D eigenvalue weighted by molar-refractivity contribution is 0.174. The Balaban J connectivity index is 1.76. The molecule has 4 nitrogen and oxygen atoms in total. The van der Waals surface area contributed by atoms with Crippen molar-refractivity contribution in [2.75, 3.05) is 19.9 Å². The lowest BCUT2D eigenvalue weighted by atomic mass is 10.1. The van der Waals surface area contributed by atoms with Crippen molar-refractivity contribution in [3.8, 4) is 11.5 Å². The maximum Gasteiger partial charge on any atom is 0.231 e. The molecule has 3 N–H and O–H groups in total. The Hall–Kier alpha value is -1.26. The first-order chi connectivity index (χ1) is 8.29. The third-order valence-corrected chi connectivity index (χ3v) is 2.98. The number of fused-ring (bicyclic) bond motifs is 1. The second-order valence-electron chi connectivity index (χ2n) is 4.49. The summed E-state index contributed by atoms with van der Waals surface area (Å²) in [5.74, 6) is 2.27. The summed E-state index contributed by atoms with van der Waals surface area (Å²) in [6.07, 6.45) is 1.11. The van der Waals surface area contributed by atoms with Gasteiger partial charge in [0.1, 0.15) is 0 Å². The predicted octanol–water partition coefficient (Wildman–Crippen LogP) is 1.49. The van der Waals surface area contributed by atoms with Crippen LogP contribution in [0.25, 0.3) is 0 Å². The molecule has 0 radical (unpaired) electrons. The van der Waals surface area contributed by atoms with Gasteiger partial charge in [-0.15, -0.1) is 0 Å². The molecule has 17 heavy (non-hydrogen) atoms. The van der Waals surface area contributed by atoms with Gasteiger partial charge < -0.3 is 20.5 Å². The molecule has 1 aromatic carbocycles. The van der Waals surface area contributed by atoms with Crippen molar-refractivity contribution in [2.45, 2.75) is 19.9 Å². The molecule has 2 rings (SSSR count). The summed E-state index contributed by atoms with van der Waals surface area (Å²) in [5.41, 5.74) is 6.79. The number of rotatable bonds is 6. The highest BCUT2D eigenvalue weighted by atomic mass is 16.7. The maximum atomic E-state index is 5.57. The van der Waals surface area contributed by atoms with Gasteiger partial charge >= 0.3 is 0 Å². The van der Waals surface area contributed by atoms with E-state index in [4.69, 9.17) is 15.2 Å². The van der Waals surface area contributed by atoms with E-state index in [9.17, 15) is 0 Å². The SMILES string of the molecule is CC(CN)CCNCc1ccc2c(c1)OCO2. The van der Waals surface area contributed by atoms with Crippen LogP contribution < -0.4 is 20.5 Å². The average molecular weight is 236 g/mol. The standard InChI is InChI=1S/C13H20N2O2/c1-10(7-14)4-5-15-8-11-2-3-12-13(6-11)17-9-16-12/h2-3,6,10,15H,4-5,7-9,14H2,1H3. The van der Waals surface area contributed by atoms with Gasteiger partial charge in [-0.25, -0.2) is 0 Å². The second-order valence-corrected chi connectivity index (χ2v) is 4.49. The molecule has 0 saturated carbocycles. The Labute approximate surface area is 102 Å². The van der Waals surface area contributed by atoms with E-state index in [1.807, 2.05) is 12.1 Å². The van der Waals surface area contributed by atoms with Gasteiger partial charge in [0.05, 0.1) is 0 Å². The molecule has 0 saturated heterocycles. The van der Waals surface area contributed by atoms with Crippen molar-refractivity contribution < 1.29 is 9.47 Å². The lowest BCUT2D eigenvalue weighted by Crippen LogP contribution is -2.20. The molecule has 0 aromatic heterocycles. The monoisotopic (exact) mass is 236 g/mol. The highest BCUT2D eigenvalue weighted by Crippen LogP contribution is 2.32. The summed E-state index contributed by atoms with van der Waals surface area (Å²) in [7, 11) is 0. The molecule has 0 bridgehead atoms. The fourth-order valence-corrected chi connectivity index (χ4v) is 1.75. The molecule has 0 aliphatic carbocycles. The third kappa shape index (κ3) is 3.35. The molecule has 1 unspecified atom stereocenters. The van der Waals surface area contributed by atoms with Crippen LogP contribution in [0.2, 0.25) is 0 Å². The zero-order valence-electron chi connectivity index (χ0n) is 10.2. The van der Waals surface area contributed by atoms with Crippen molar-refractivity contribution in [1.82, 2.24) is 5.32 Å². The Morgan fingerprint density at radius 2 is 2.18 bits per heavy atom. The van der Waals surface area contributed by atoms with Gasteiger partial charge in [0.25, 0.3) is 0 Å². The molecule has 0 fully saturated rings. The van der Waals surface area contributed by atoms with Gasteiger partial charge in [-0.05, 0) is 43.1 Å². The van der Waals surface area contributed by atoms with E-state index < -0.39 is 0 Å². The van der Waals surface area contributed by atoms with Crippen LogP contribution in [0.15, 0.2) is 18.2 Å². The number of hydrogen-bond acceptors (Lipinski definition) is 4. The number of benzene rings is 1. The molecule has 1 aliphatic heterocycles. The largest absolute Gasteiger partial charge is 0.454 e. The summed E-state index contributed by atoms with van der Waals surface area (Å²) >= 11 is 0. The molecular formula is C13H20N2O2. The van der Waals surface area contributed by atoms with Gasteiger partial charge in [0.2, 0.25) is 6.79 Å². The summed E-state index contributed by atoms with van der Waals surface area (Å²) in [5, 5.41) is 3.41. The number of nitrogens with two attached hydrogens (primary N) is 1. The van der Waals surface area contributed by atoms with Crippen molar-refractivity contribution in [3.63, 3.8) is 0 Å². The van der Waals surface area contributed by atoms with Crippen molar-refractivity contribution in [1.29, 1.82) is 0 Å². The van der Waals surface area contributed by atoms with Gasteiger partial charge in [0, 0.05) is 6.54 Å². The van der Waals surface area contributed by atoms with E-state index in [1.54, 1.807) is 0 Å².